The zero-order chi connectivity index (χ0) is 21.4. The maximum Gasteiger partial charge on any atom is 0.420 e. The molecule has 3 heterocycles. The van der Waals surface area contributed by atoms with E-state index in [1.165, 1.54) is 14.1 Å². The first-order chi connectivity index (χ1) is 13.5. The van der Waals surface area contributed by atoms with E-state index in [1.54, 1.807) is 0 Å². The average Bonchev–Trinajstić information content (AvgIpc) is 3.13. The Bertz CT molecular complexity index is 975. The first-order valence-corrected chi connectivity index (χ1v) is 10.3. The fraction of sp³-hybridized carbons (Fsp3) is 0.562. The molecule has 0 radical (unpaired) electrons. The molecule has 13 heteroatoms. The Morgan fingerprint density at radius 1 is 1.31 bits per heavy atom. The van der Waals surface area contributed by atoms with Gasteiger partial charge in [0.2, 0.25) is 5.95 Å². The number of hydrogen-bond donors (Lipinski definition) is 2. The molecule has 1 aliphatic rings. The van der Waals surface area contributed by atoms with Gasteiger partial charge in [-0.3, -0.25) is 0 Å². The molecule has 1 saturated heterocycles. The van der Waals surface area contributed by atoms with E-state index in [0.717, 1.165) is 40.3 Å². The van der Waals surface area contributed by atoms with Crippen molar-refractivity contribution in [3.63, 3.8) is 0 Å². The molecule has 1 aliphatic heterocycles. The Balaban J connectivity index is 2.01. The number of nitrogens with zero attached hydrogens (tertiary/aromatic N) is 5. The van der Waals surface area contributed by atoms with Crippen LogP contribution in [-0.2, 0) is 16.4 Å². The summed E-state index contributed by atoms with van der Waals surface area (Å²) in [6.45, 7) is 3.57. The topological polar surface area (TPSA) is 105 Å². The van der Waals surface area contributed by atoms with Crippen molar-refractivity contribution >= 4 is 16.2 Å². The Labute approximate surface area is 166 Å². The molecule has 0 saturated carbocycles. The van der Waals surface area contributed by atoms with Crippen molar-refractivity contribution < 1.29 is 21.6 Å². The van der Waals surface area contributed by atoms with Crippen LogP contribution in [0.2, 0.25) is 0 Å². The molecule has 0 amide bonds. The van der Waals surface area contributed by atoms with E-state index >= 15 is 0 Å². The van der Waals surface area contributed by atoms with E-state index in [2.05, 4.69) is 25.6 Å². The number of piperidine rings is 1. The van der Waals surface area contributed by atoms with Crippen LogP contribution in [0, 0.1) is 5.92 Å². The number of imidazole rings is 1. The third-order valence-corrected chi connectivity index (χ3v) is 6.38. The van der Waals surface area contributed by atoms with E-state index in [1.807, 2.05) is 6.92 Å². The van der Waals surface area contributed by atoms with Crippen LogP contribution in [-0.4, -0.2) is 64.9 Å². The van der Waals surface area contributed by atoms with Crippen LogP contribution < -0.4 is 10.6 Å². The second-order valence-electron chi connectivity index (χ2n) is 7.05. The van der Waals surface area contributed by atoms with Gasteiger partial charge in [-0.25, -0.2) is 18.9 Å². The fourth-order valence-corrected chi connectivity index (χ4v) is 3.77. The Kier molecular flexibility index (Phi) is 5.83. The highest BCUT2D eigenvalue weighted by atomic mass is 32.2. The molecule has 0 unspecified atom stereocenters. The molecule has 0 bridgehead atoms. The van der Waals surface area contributed by atoms with Gasteiger partial charge in [-0.2, -0.15) is 25.9 Å². The lowest BCUT2D eigenvalue weighted by Gasteiger charge is -2.30. The summed E-state index contributed by atoms with van der Waals surface area (Å²) in [4.78, 5) is 11.7. The van der Waals surface area contributed by atoms with Crippen LogP contribution in [0.25, 0.3) is 11.4 Å². The van der Waals surface area contributed by atoms with Crippen LogP contribution in [0.4, 0.5) is 19.1 Å². The van der Waals surface area contributed by atoms with Crippen LogP contribution >= 0.6 is 0 Å². The van der Waals surface area contributed by atoms with Crippen molar-refractivity contribution in [3.8, 4) is 11.4 Å². The van der Waals surface area contributed by atoms with Gasteiger partial charge in [-0.05, 0) is 25.4 Å². The maximum absolute atomic E-state index is 13.5. The molecule has 160 valence electrons. The summed E-state index contributed by atoms with van der Waals surface area (Å²) >= 11 is 0. The van der Waals surface area contributed by atoms with E-state index < -0.39 is 27.6 Å². The zero-order valence-corrected chi connectivity index (χ0v) is 16.9. The minimum atomic E-state index is -4.72. The summed E-state index contributed by atoms with van der Waals surface area (Å²) < 4.78 is 66.5. The normalized spacial score (nSPS) is 20.8. The van der Waals surface area contributed by atoms with Crippen molar-refractivity contribution in [1.82, 2.24) is 28.5 Å². The van der Waals surface area contributed by atoms with E-state index in [-0.39, 0.29) is 23.6 Å². The zero-order valence-electron chi connectivity index (χ0n) is 16.1. The minimum Gasteiger partial charge on any atom is -0.351 e. The molecular weight excluding hydrogens is 411 g/mol. The Morgan fingerprint density at radius 3 is 2.66 bits per heavy atom. The van der Waals surface area contributed by atoms with Gasteiger partial charge in [0, 0.05) is 26.3 Å². The van der Waals surface area contributed by atoms with Gasteiger partial charge in [-0.1, -0.05) is 6.92 Å². The summed E-state index contributed by atoms with van der Waals surface area (Å²) in [5.41, 5.74) is -1.79. The highest BCUT2D eigenvalue weighted by Crippen LogP contribution is 2.35. The summed E-state index contributed by atoms with van der Waals surface area (Å²) in [5, 5.41) is 6.32. The molecule has 0 aliphatic carbocycles. The van der Waals surface area contributed by atoms with E-state index in [0.29, 0.717) is 6.20 Å². The highest BCUT2D eigenvalue weighted by Gasteiger charge is 2.36. The Hall–Kier alpha value is -2.25. The molecule has 2 aromatic rings. The van der Waals surface area contributed by atoms with E-state index in [9.17, 15) is 21.6 Å². The van der Waals surface area contributed by atoms with Gasteiger partial charge >= 0.3 is 16.4 Å². The van der Waals surface area contributed by atoms with Crippen LogP contribution in [0.15, 0.2) is 18.7 Å². The average molecular weight is 433 g/mol. The van der Waals surface area contributed by atoms with Gasteiger partial charge in [0.25, 0.3) is 0 Å². The number of aromatic nitrogens is 4. The van der Waals surface area contributed by atoms with Gasteiger partial charge in [0.1, 0.15) is 23.3 Å². The molecule has 0 spiro atoms. The molecular formula is C16H22F3N7O2S. The molecule has 2 N–H and O–H groups in total. The monoisotopic (exact) mass is 433 g/mol. The van der Waals surface area contributed by atoms with Gasteiger partial charge in [-0.15, -0.1) is 0 Å². The predicted molar refractivity (Wildman–Crippen MR) is 100 cm³/mol. The molecule has 0 aromatic carbocycles. The van der Waals surface area contributed by atoms with Crippen molar-refractivity contribution in [1.29, 1.82) is 0 Å². The third-order valence-electron chi connectivity index (χ3n) is 4.72. The van der Waals surface area contributed by atoms with Crippen molar-refractivity contribution in [3.05, 3.63) is 24.3 Å². The van der Waals surface area contributed by atoms with Crippen LogP contribution in [0.1, 0.15) is 18.9 Å². The predicted octanol–water partition coefficient (Wildman–Crippen LogP) is 1.42. The quantitative estimate of drug-likeness (QED) is 0.735. The van der Waals surface area contributed by atoms with Gasteiger partial charge < -0.3 is 10.6 Å². The number of hydrogen-bond acceptors (Lipinski definition) is 7. The molecule has 9 nitrogen and oxygen atoms in total. The standard InChI is InChI=1S/C16H22F3N7O2S/c1-10-6-20-5-4-12(10)23-15-21-7-11(16(17,18)19)14(24-15)13-8-26(9-22-13)29(27,28)25(2)3/h7-10,12,20H,4-6H2,1-3H3,(H,21,23,24)/t10-,12+/m1/s1. The molecule has 29 heavy (non-hydrogen) atoms. The number of halogens is 3. The maximum atomic E-state index is 13.5. The lowest BCUT2D eigenvalue weighted by molar-refractivity contribution is -0.137. The summed E-state index contributed by atoms with van der Waals surface area (Å²) in [5.74, 6) is 0.277. The molecule has 3 rings (SSSR count). The molecule has 2 atom stereocenters. The van der Waals surface area contributed by atoms with Crippen LogP contribution in [0.5, 0.6) is 0 Å². The lowest BCUT2D eigenvalue weighted by Crippen LogP contribution is -2.42. The summed E-state index contributed by atoms with van der Waals surface area (Å²) in [6, 6.07) is 0.00696. The minimum absolute atomic E-state index is 0.00696. The summed E-state index contributed by atoms with van der Waals surface area (Å²) in [6.07, 6.45) is -1.31. The molecule has 1 fully saturated rings. The lowest BCUT2D eigenvalue weighted by atomic mass is 9.95. The fourth-order valence-electron chi connectivity index (χ4n) is 2.99. The highest BCUT2D eigenvalue weighted by molar-refractivity contribution is 7.87. The third kappa shape index (κ3) is 4.51. The van der Waals surface area contributed by atoms with Gasteiger partial charge in [0.05, 0.1) is 6.20 Å². The SMILES string of the molecule is C[C@@H]1CNCC[C@@H]1Nc1ncc(C(F)(F)F)c(-c2cn(S(=O)(=O)N(C)C)cn2)n1. The number of nitrogens with one attached hydrogen (secondary N) is 2. The number of rotatable bonds is 5. The first-order valence-electron chi connectivity index (χ1n) is 8.89. The second-order valence-corrected chi connectivity index (χ2v) is 9.10. The van der Waals surface area contributed by atoms with Crippen molar-refractivity contribution in [2.75, 3.05) is 32.5 Å². The van der Waals surface area contributed by atoms with Crippen LogP contribution in [0.3, 0.4) is 0 Å². The summed E-state index contributed by atoms with van der Waals surface area (Å²) in [7, 11) is -1.30. The second kappa shape index (κ2) is 7.88. The van der Waals surface area contributed by atoms with E-state index in [4.69, 9.17) is 0 Å². The smallest absolute Gasteiger partial charge is 0.351 e. The first kappa shape index (κ1) is 21.5. The number of anilines is 1. The molecule has 2 aromatic heterocycles. The Morgan fingerprint density at radius 2 is 2.03 bits per heavy atom. The van der Waals surface area contributed by atoms with Gasteiger partial charge in [0.15, 0.2) is 0 Å². The van der Waals surface area contributed by atoms with Crippen molar-refractivity contribution in [2.45, 2.75) is 25.6 Å². The van der Waals surface area contributed by atoms with Crippen molar-refractivity contribution in [2.24, 2.45) is 5.92 Å². The largest absolute Gasteiger partial charge is 0.420 e. The number of alkyl halides is 3.